The minimum Gasteiger partial charge on any atom is -0.459 e. The lowest BCUT2D eigenvalue weighted by Gasteiger charge is -2.39. The molecule has 0 spiro atoms. The van der Waals surface area contributed by atoms with E-state index in [4.69, 9.17) is 9.95 Å². The first-order chi connectivity index (χ1) is 32.4. The number of nitrogens with zero attached hydrogens (tertiary/aromatic N) is 8. The lowest BCUT2D eigenvalue weighted by Crippen LogP contribution is -2.49. The molecule has 8 rings (SSSR count). The zero-order valence-corrected chi connectivity index (χ0v) is 41.0. The number of piperidine rings is 1. The second-order valence-electron chi connectivity index (χ2n) is 16.4. The summed E-state index contributed by atoms with van der Waals surface area (Å²) in [5, 5.41) is 19.6. The Bertz CT molecular complexity index is 2840. The van der Waals surface area contributed by atoms with Gasteiger partial charge in [-0.15, -0.1) is 14.7 Å². The van der Waals surface area contributed by atoms with Gasteiger partial charge in [0.2, 0.25) is 5.91 Å². The minimum atomic E-state index is -4.04. The molecule has 19 nitrogen and oxygen atoms in total. The van der Waals surface area contributed by atoms with Crippen LogP contribution in [0.4, 0.5) is 16.6 Å². The Hall–Kier alpha value is -5.31. The molecule has 0 saturated carbocycles. The Morgan fingerprint density at radius 2 is 1.76 bits per heavy atom. The molecule has 2 amide bonds. The highest BCUT2D eigenvalue weighted by Crippen LogP contribution is 2.35. The summed E-state index contributed by atoms with van der Waals surface area (Å²) in [5.74, 6) is -0.260. The number of carbonyl (C=O) groups excluding carboxylic acids is 2. The zero-order chi connectivity index (χ0) is 46.8. The number of aromatic nitrogens is 3. The highest BCUT2D eigenvalue weighted by atomic mass is 127. The maximum absolute atomic E-state index is 14.0. The van der Waals surface area contributed by atoms with Gasteiger partial charge in [0.05, 0.1) is 47.2 Å². The monoisotopic (exact) mass is 1080 g/mol. The van der Waals surface area contributed by atoms with Gasteiger partial charge in [0, 0.05) is 71.4 Å². The molecule has 2 aliphatic rings. The van der Waals surface area contributed by atoms with Crippen molar-refractivity contribution in [2.75, 3.05) is 80.8 Å². The van der Waals surface area contributed by atoms with Crippen molar-refractivity contribution in [1.82, 2.24) is 29.2 Å². The Labute approximate surface area is 405 Å². The van der Waals surface area contributed by atoms with E-state index in [1.807, 2.05) is 30.3 Å². The number of anilines is 3. The third-order valence-electron chi connectivity index (χ3n) is 11.9. The molecule has 5 N–H and O–H groups in total. The summed E-state index contributed by atoms with van der Waals surface area (Å²) < 4.78 is 45.7. The van der Waals surface area contributed by atoms with E-state index in [1.165, 1.54) is 34.6 Å². The van der Waals surface area contributed by atoms with Crippen molar-refractivity contribution in [1.29, 1.82) is 5.53 Å². The van der Waals surface area contributed by atoms with Gasteiger partial charge in [-0.1, -0.05) is 41.7 Å². The topological polar surface area (TPSA) is 244 Å². The molecular formula is C44H51IN12O7S3. The number of amides is 2. The number of fused-ring (bicyclic) bond motifs is 1. The van der Waals surface area contributed by atoms with Crippen molar-refractivity contribution < 1.29 is 27.5 Å². The predicted octanol–water partition coefficient (Wildman–Crippen LogP) is 6.46. The molecule has 23 heteroatoms. The number of likely N-dealkylation sites (tertiary alicyclic amines) is 1. The number of hydrogen-bond donors (Lipinski definition) is 5. The van der Waals surface area contributed by atoms with Crippen molar-refractivity contribution in [3.05, 3.63) is 118 Å². The first kappa shape index (κ1) is 48.2. The van der Waals surface area contributed by atoms with E-state index < -0.39 is 42.8 Å². The molecule has 6 aromatic rings. The number of furan rings is 1. The van der Waals surface area contributed by atoms with E-state index >= 15 is 0 Å². The molecule has 2 fully saturated rings. The van der Waals surface area contributed by atoms with Crippen molar-refractivity contribution in [3.63, 3.8) is 0 Å². The Morgan fingerprint density at radius 3 is 2.49 bits per heavy atom. The summed E-state index contributed by atoms with van der Waals surface area (Å²) in [5.41, 5.74) is 7.81. The van der Waals surface area contributed by atoms with E-state index in [0.29, 0.717) is 58.5 Å². The molecule has 2 saturated heterocycles. The van der Waals surface area contributed by atoms with E-state index in [-0.39, 0.29) is 53.2 Å². The summed E-state index contributed by atoms with van der Waals surface area (Å²) in [7, 11) is -4.04. The largest absolute Gasteiger partial charge is 0.459 e. The molecule has 2 aromatic carbocycles. The second kappa shape index (κ2) is 22.2. The number of sulfonamides is 1. The van der Waals surface area contributed by atoms with Gasteiger partial charge in [-0.2, -0.15) is 5.53 Å². The van der Waals surface area contributed by atoms with Gasteiger partial charge >= 0.3 is 0 Å². The first-order valence-corrected chi connectivity index (χ1v) is 26.9. The maximum atomic E-state index is 14.0. The van der Waals surface area contributed by atoms with Crippen molar-refractivity contribution in [3.8, 4) is 0 Å². The van der Waals surface area contributed by atoms with Crippen LogP contribution in [0.25, 0.3) is 10.2 Å². The number of nitrogens with one attached hydrogen (secondary N) is 4. The van der Waals surface area contributed by atoms with Gasteiger partial charge in [-0.05, 0) is 78.1 Å². The van der Waals surface area contributed by atoms with Gasteiger partial charge in [-0.3, -0.25) is 38.8 Å². The van der Waals surface area contributed by atoms with Crippen LogP contribution in [0, 0.1) is 5.53 Å². The van der Waals surface area contributed by atoms with Crippen LogP contribution in [0.3, 0.4) is 0 Å². The number of thiazole rings is 1. The smallest absolute Gasteiger partial charge is 0.293 e. The molecule has 0 bridgehead atoms. The minimum absolute atomic E-state index is 0.0538. The van der Waals surface area contributed by atoms with Crippen LogP contribution >= 0.6 is 44.0 Å². The number of hydrogen-bond acceptors (Lipinski definition) is 16. The second-order valence-corrected chi connectivity index (χ2v) is 21.9. The van der Waals surface area contributed by atoms with Gasteiger partial charge in [0.1, 0.15) is 10.0 Å². The molecule has 4 aromatic heterocycles. The fourth-order valence-electron chi connectivity index (χ4n) is 8.27. The van der Waals surface area contributed by atoms with Crippen LogP contribution in [0.5, 0.6) is 0 Å². The molecule has 1 atom stereocenters. The molecule has 6 heterocycles. The number of halogens is 1. The SMILES string of the molecule is N=NI=NCCN1CCN(CCNc2cc(=O)n(CC3(O)CCN(C(=O)C[C@@H](Cc4ccsc4S(=O)(=O)Nc4ccc5nc(NC(=O)c6ccco6)sc5c4)c4ccccc4)CC3)cn2)CC1. The van der Waals surface area contributed by atoms with Crippen LogP contribution in [-0.2, 0) is 27.8 Å². The normalized spacial score (nSPS) is 16.4. The predicted molar refractivity (Wildman–Crippen MR) is 266 cm³/mol. The van der Waals surface area contributed by atoms with Crippen LogP contribution < -0.4 is 20.9 Å². The van der Waals surface area contributed by atoms with Crippen LogP contribution in [0.2, 0.25) is 0 Å². The van der Waals surface area contributed by atoms with E-state index in [9.17, 15) is 27.9 Å². The highest BCUT2D eigenvalue weighted by Gasteiger charge is 2.36. The summed E-state index contributed by atoms with van der Waals surface area (Å²) >= 11 is 1.62. The van der Waals surface area contributed by atoms with E-state index in [2.05, 4.69) is 41.6 Å². The lowest BCUT2D eigenvalue weighted by molar-refractivity contribution is -0.136. The van der Waals surface area contributed by atoms with Gasteiger partial charge in [0.25, 0.3) is 21.5 Å². The fourth-order valence-corrected chi connectivity index (χ4v) is 12.2. The Balaban J connectivity index is 0.835. The highest BCUT2D eigenvalue weighted by molar-refractivity contribution is 14.1. The average molecular weight is 1080 g/mol. The van der Waals surface area contributed by atoms with E-state index in [0.717, 1.165) is 62.7 Å². The molecular weight excluding hydrogens is 1030 g/mol. The van der Waals surface area contributed by atoms with Gasteiger partial charge in [0.15, 0.2) is 32.2 Å². The third-order valence-corrected chi connectivity index (χ3v) is 16.8. The molecule has 0 radical (unpaired) electrons. The van der Waals surface area contributed by atoms with Crippen LogP contribution in [-0.4, -0.2) is 126 Å². The molecule has 0 unspecified atom stereocenters. The summed E-state index contributed by atoms with van der Waals surface area (Å²) in [6.45, 7) is 7.55. The van der Waals surface area contributed by atoms with Crippen LogP contribution in [0.1, 0.15) is 46.9 Å². The number of rotatable bonds is 20. The van der Waals surface area contributed by atoms with Crippen molar-refractivity contribution in [2.45, 2.75) is 48.0 Å². The Morgan fingerprint density at radius 1 is 0.985 bits per heavy atom. The average Bonchev–Trinajstić information content (AvgIpc) is 4.12. The van der Waals surface area contributed by atoms with Gasteiger partial charge in [-0.25, -0.2) is 21.5 Å². The van der Waals surface area contributed by atoms with Gasteiger partial charge < -0.3 is 19.7 Å². The van der Waals surface area contributed by atoms with Crippen molar-refractivity contribution in [2.24, 2.45) is 6.47 Å². The number of benzene rings is 2. The quantitative estimate of drug-likeness (QED) is 0.0409. The molecule has 67 heavy (non-hydrogen) atoms. The number of thiophene rings is 1. The molecule has 0 aliphatic carbocycles. The Kier molecular flexibility index (Phi) is 16.0. The third kappa shape index (κ3) is 12.8. The fraction of sp³-hybridized carbons (Fsp3) is 0.386. The summed E-state index contributed by atoms with van der Waals surface area (Å²) in [6.07, 6.45) is 3.84. The number of piperazine rings is 1. The number of carbonyl (C=O) groups is 2. The molecule has 2 aliphatic heterocycles. The first-order valence-electron chi connectivity index (χ1n) is 21.8. The number of aliphatic hydroxyl groups is 1. The molecule has 354 valence electrons. The summed E-state index contributed by atoms with van der Waals surface area (Å²) in [4.78, 5) is 55.0. The van der Waals surface area contributed by atoms with Crippen molar-refractivity contribution >= 4 is 92.7 Å². The van der Waals surface area contributed by atoms with E-state index in [1.54, 1.807) is 46.7 Å². The summed E-state index contributed by atoms with van der Waals surface area (Å²) in [6, 6.07) is 20.9. The standard InChI is InChI=1S/C44H51IN12O7S3/c46-53-45-49-14-18-55-21-19-54(20-22-55)17-13-47-38-28-40(59)57(30-48-38)29-44(61)11-15-56(16-12-44)39(58)26-33(31-5-2-1-3-6-31)25-32-10-24-65-42(32)67(62,63)52-34-8-9-35-37(27-34)66-43(50-35)51-41(60)36-7-4-23-64-36/h1-10,23-24,27-28,30,33,46-47,52,61H,11-22,25-26,29H2,(H,50,51,60)/t33-/m1/s1. The van der Waals surface area contributed by atoms with Crippen LogP contribution in [0.15, 0.2) is 111 Å². The zero-order valence-electron chi connectivity index (χ0n) is 36.4. The lowest BCUT2D eigenvalue weighted by atomic mass is 9.88. The maximum Gasteiger partial charge on any atom is 0.293 e.